The van der Waals surface area contributed by atoms with Gasteiger partial charge in [0, 0.05) is 28.6 Å². The molecule has 0 spiro atoms. The Hall–Kier alpha value is -2.00. The van der Waals surface area contributed by atoms with Crippen molar-refractivity contribution >= 4 is 23.3 Å². The fraction of sp³-hybridized carbons (Fsp3) is 0.429. The molecule has 1 aromatic rings. The van der Waals surface area contributed by atoms with Gasteiger partial charge in [0.1, 0.15) is 6.04 Å². The number of thiophene rings is 1. The number of hydrogen-bond acceptors (Lipinski definition) is 3. The number of carbonyl (C=O) groups is 2. The Bertz CT molecular complexity index is 519. The zero-order valence-corrected chi connectivity index (χ0v) is 12.3. The van der Waals surface area contributed by atoms with E-state index in [-0.39, 0.29) is 12.5 Å². The SMILES string of the molecule is C#CCC(NC(=O)NC(C)Cc1ccc(C)s1)C(=O)O. The number of nitrogens with one attached hydrogen (secondary N) is 2. The van der Waals surface area contributed by atoms with Crippen molar-refractivity contribution in [1.29, 1.82) is 0 Å². The van der Waals surface area contributed by atoms with E-state index < -0.39 is 18.0 Å². The number of hydrogen-bond donors (Lipinski definition) is 3. The molecular weight excluding hydrogens is 276 g/mol. The topological polar surface area (TPSA) is 78.4 Å². The quantitative estimate of drug-likeness (QED) is 0.700. The molecule has 1 rings (SSSR count). The molecular formula is C14H18N2O3S. The molecule has 3 N–H and O–H groups in total. The molecule has 0 aliphatic rings. The van der Waals surface area contributed by atoms with E-state index in [1.54, 1.807) is 11.3 Å². The number of rotatable bonds is 6. The van der Waals surface area contributed by atoms with Crippen LogP contribution in [0.3, 0.4) is 0 Å². The van der Waals surface area contributed by atoms with Crippen molar-refractivity contribution in [3.63, 3.8) is 0 Å². The maximum Gasteiger partial charge on any atom is 0.327 e. The van der Waals surface area contributed by atoms with Crippen molar-refractivity contribution in [3.05, 3.63) is 21.9 Å². The molecule has 0 radical (unpaired) electrons. The minimum absolute atomic E-state index is 0.0404. The number of carboxylic acids is 1. The lowest BCUT2D eigenvalue weighted by Crippen LogP contribution is -2.48. The van der Waals surface area contributed by atoms with Crippen molar-refractivity contribution in [3.8, 4) is 12.3 Å². The van der Waals surface area contributed by atoms with E-state index >= 15 is 0 Å². The summed E-state index contributed by atoms with van der Waals surface area (Å²) >= 11 is 1.68. The Kier molecular flexibility index (Phi) is 6.07. The van der Waals surface area contributed by atoms with E-state index in [9.17, 15) is 9.59 Å². The maximum absolute atomic E-state index is 11.7. The molecule has 6 heteroatoms. The van der Waals surface area contributed by atoms with Gasteiger partial charge in [-0.15, -0.1) is 23.7 Å². The summed E-state index contributed by atoms with van der Waals surface area (Å²) in [5.74, 6) is 1.09. The summed E-state index contributed by atoms with van der Waals surface area (Å²) in [5, 5.41) is 13.9. The highest BCUT2D eigenvalue weighted by Crippen LogP contribution is 2.16. The number of urea groups is 1. The lowest BCUT2D eigenvalue weighted by atomic mass is 10.2. The minimum atomic E-state index is -1.14. The first-order valence-corrected chi connectivity index (χ1v) is 7.02. The smallest absolute Gasteiger partial charge is 0.327 e. The van der Waals surface area contributed by atoms with Gasteiger partial charge in [-0.05, 0) is 26.0 Å². The summed E-state index contributed by atoms with van der Waals surface area (Å²) in [6.45, 7) is 3.89. The molecule has 0 fully saturated rings. The summed E-state index contributed by atoms with van der Waals surface area (Å²) in [6, 6.07) is 2.38. The predicted octanol–water partition coefficient (Wildman–Crippen LogP) is 1.76. The van der Waals surface area contributed by atoms with Gasteiger partial charge in [-0.1, -0.05) is 0 Å². The van der Waals surface area contributed by atoms with Crippen LogP contribution >= 0.6 is 11.3 Å². The first-order valence-electron chi connectivity index (χ1n) is 6.21. The Morgan fingerprint density at radius 1 is 1.45 bits per heavy atom. The van der Waals surface area contributed by atoms with Gasteiger partial charge in [-0.2, -0.15) is 0 Å². The Balaban J connectivity index is 2.45. The molecule has 108 valence electrons. The van der Waals surface area contributed by atoms with Gasteiger partial charge >= 0.3 is 12.0 Å². The fourth-order valence-corrected chi connectivity index (χ4v) is 2.71. The maximum atomic E-state index is 11.7. The highest BCUT2D eigenvalue weighted by molar-refractivity contribution is 7.11. The number of carboxylic acid groups (broad SMARTS) is 1. The van der Waals surface area contributed by atoms with Crippen LogP contribution in [0.1, 0.15) is 23.1 Å². The molecule has 0 saturated heterocycles. The summed E-state index contributed by atoms with van der Waals surface area (Å²) in [5.41, 5.74) is 0. The lowest BCUT2D eigenvalue weighted by Gasteiger charge is -2.16. The van der Waals surface area contributed by atoms with E-state index in [4.69, 9.17) is 11.5 Å². The van der Waals surface area contributed by atoms with Crippen molar-refractivity contribution in [2.45, 2.75) is 38.8 Å². The Morgan fingerprint density at radius 2 is 2.15 bits per heavy atom. The monoisotopic (exact) mass is 294 g/mol. The Morgan fingerprint density at radius 3 is 2.65 bits per heavy atom. The van der Waals surface area contributed by atoms with E-state index in [0.717, 1.165) is 0 Å². The van der Waals surface area contributed by atoms with E-state index in [1.165, 1.54) is 9.75 Å². The van der Waals surface area contributed by atoms with Crippen LogP contribution in [0.25, 0.3) is 0 Å². The zero-order chi connectivity index (χ0) is 15.1. The van der Waals surface area contributed by atoms with Gasteiger partial charge in [-0.25, -0.2) is 9.59 Å². The molecule has 1 heterocycles. The predicted molar refractivity (Wildman–Crippen MR) is 78.8 cm³/mol. The second-order valence-electron chi connectivity index (χ2n) is 4.53. The molecule has 2 amide bonds. The largest absolute Gasteiger partial charge is 0.480 e. The molecule has 5 nitrogen and oxygen atoms in total. The lowest BCUT2D eigenvalue weighted by molar-refractivity contribution is -0.139. The highest BCUT2D eigenvalue weighted by Gasteiger charge is 2.19. The molecule has 0 aliphatic heterocycles. The van der Waals surface area contributed by atoms with Crippen LogP contribution in [0.15, 0.2) is 12.1 Å². The van der Waals surface area contributed by atoms with Crippen LogP contribution in [-0.2, 0) is 11.2 Å². The average Bonchev–Trinajstić information content (AvgIpc) is 2.73. The van der Waals surface area contributed by atoms with E-state index in [1.807, 2.05) is 26.0 Å². The molecule has 1 aromatic heterocycles. The summed E-state index contributed by atoms with van der Waals surface area (Å²) in [4.78, 5) is 24.9. The number of terminal acetylenes is 1. The van der Waals surface area contributed by atoms with Crippen LogP contribution in [0.4, 0.5) is 4.79 Å². The molecule has 2 atom stereocenters. The average molecular weight is 294 g/mol. The molecule has 2 unspecified atom stereocenters. The van der Waals surface area contributed by atoms with Crippen LogP contribution in [0.2, 0.25) is 0 Å². The standard InChI is InChI=1S/C14H18N2O3S/c1-4-5-12(13(17)18)16-14(19)15-9(2)8-11-7-6-10(3)20-11/h1,6-7,9,12H,5,8H2,2-3H3,(H,17,18)(H2,15,16,19). The molecule has 0 bridgehead atoms. The zero-order valence-electron chi connectivity index (χ0n) is 11.5. The fourth-order valence-electron chi connectivity index (χ4n) is 1.69. The molecule has 0 aromatic carbocycles. The third kappa shape index (κ3) is 5.33. The van der Waals surface area contributed by atoms with Crippen LogP contribution < -0.4 is 10.6 Å². The number of aryl methyl sites for hydroxylation is 1. The van der Waals surface area contributed by atoms with Crippen LogP contribution in [0.5, 0.6) is 0 Å². The van der Waals surface area contributed by atoms with Crippen molar-refractivity contribution < 1.29 is 14.7 Å². The summed E-state index contributed by atoms with van der Waals surface area (Å²) in [7, 11) is 0. The third-order valence-corrected chi connectivity index (χ3v) is 3.63. The van der Waals surface area contributed by atoms with Crippen LogP contribution in [0, 0.1) is 19.3 Å². The van der Waals surface area contributed by atoms with Crippen LogP contribution in [-0.4, -0.2) is 29.2 Å². The van der Waals surface area contributed by atoms with E-state index in [0.29, 0.717) is 6.42 Å². The van der Waals surface area contributed by atoms with Crippen molar-refractivity contribution in [1.82, 2.24) is 10.6 Å². The van der Waals surface area contributed by atoms with Gasteiger partial charge in [0.25, 0.3) is 0 Å². The van der Waals surface area contributed by atoms with Gasteiger partial charge in [0.2, 0.25) is 0 Å². The summed E-state index contributed by atoms with van der Waals surface area (Å²) < 4.78 is 0. The molecule has 0 saturated carbocycles. The van der Waals surface area contributed by atoms with E-state index in [2.05, 4.69) is 16.6 Å². The van der Waals surface area contributed by atoms with Gasteiger partial charge in [0.15, 0.2) is 0 Å². The first kappa shape index (κ1) is 16.1. The normalized spacial score (nSPS) is 13.1. The van der Waals surface area contributed by atoms with Gasteiger partial charge in [-0.3, -0.25) is 0 Å². The first-order chi connectivity index (χ1) is 9.42. The Labute approximate surface area is 122 Å². The summed E-state index contributed by atoms with van der Waals surface area (Å²) in [6.07, 6.45) is 5.73. The number of aliphatic carboxylic acids is 1. The van der Waals surface area contributed by atoms with Gasteiger partial charge < -0.3 is 15.7 Å². The van der Waals surface area contributed by atoms with Gasteiger partial charge in [0.05, 0.1) is 0 Å². The molecule has 20 heavy (non-hydrogen) atoms. The van der Waals surface area contributed by atoms with Crippen molar-refractivity contribution in [2.24, 2.45) is 0 Å². The third-order valence-electron chi connectivity index (χ3n) is 2.61. The van der Waals surface area contributed by atoms with Crippen molar-refractivity contribution in [2.75, 3.05) is 0 Å². The highest BCUT2D eigenvalue weighted by atomic mass is 32.1. The number of amides is 2. The number of carbonyl (C=O) groups excluding carboxylic acids is 1. The minimum Gasteiger partial charge on any atom is -0.480 e. The second kappa shape index (κ2) is 7.56. The second-order valence-corrected chi connectivity index (χ2v) is 5.91. The molecule has 0 aliphatic carbocycles.